The van der Waals surface area contributed by atoms with Crippen molar-refractivity contribution in [3.05, 3.63) is 0 Å². The van der Waals surface area contributed by atoms with Crippen LogP contribution < -0.4 is 5.32 Å². The molecule has 0 aliphatic carbocycles. The van der Waals surface area contributed by atoms with E-state index in [1.54, 1.807) is 0 Å². The lowest BCUT2D eigenvalue weighted by Gasteiger charge is -2.30. The molecular weight excluding hydrogens is 186 g/mol. The highest BCUT2D eigenvalue weighted by atomic mass is 32.2. The topological polar surface area (TPSA) is 46.2 Å². The Morgan fingerprint density at radius 1 is 1.46 bits per heavy atom. The molecule has 0 aromatic rings. The van der Waals surface area contributed by atoms with Crippen molar-refractivity contribution in [2.24, 2.45) is 5.92 Å². The van der Waals surface area contributed by atoms with Gasteiger partial charge in [0.25, 0.3) is 0 Å². The van der Waals surface area contributed by atoms with Crippen molar-refractivity contribution in [1.82, 2.24) is 5.32 Å². The zero-order valence-electron chi connectivity index (χ0n) is 8.04. The second-order valence-electron chi connectivity index (χ2n) is 4.55. The third-order valence-electron chi connectivity index (χ3n) is 3.54. The first-order chi connectivity index (χ1) is 6.02. The Bertz CT molecular complexity index is 291. The van der Waals surface area contributed by atoms with Crippen molar-refractivity contribution in [1.29, 1.82) is 0 Å². The summed E-state index contributed by atoms with van der Waals surface area (Å²) in [5.41, 5.74) is 0.101. The molecule has 0 radical (unpaired) electrons. The molecule has 2 heterocycles. The largest absolute Gasteiger partial charge is 0.311 e. The van der Waals surface area contributed by atoms with Crippen LogP contribution in [0, 0.1) is 5.92 Å². The number of rotatable bonds is 1. The normalized spacial score (nSPS) is 43.9. The summed E-state index contributed by atoms with van der Waals surface area (Å²) in [6, 6.07) is 0. The van der Waals surface area contributed by atoms with E-state index in [4.69, 9.17) is 0 Å². The molecule has 0 amide bonds. The van der Waals surface area contributed by atoms with Gasteiger partial charge in [-0.05, 0) is 38.6 Å². The van der Waals surface area contributed by atoms with Gasteiger partial charge in [0.15, 0.2) is 9.84 Å². The van der Waals surface area contributed by atoms with Crippen LogP contribution in [0.1, 0.15) is 26.2 Å². The van der Waals surface area contributed by atoms with E-state index < -0.39 is 9.84 Å². The van der Waals surface area contributed by atoms with Gasteiger partial charge in [0.1, 0.15) is 0 Å². The van der Waals surface area contributed by atoms with Gasteiger partial charge >= 0.3 is 0 Å². The minimum atomic E-state index is -2.71. The SMILES string of the molecule is CC1(C2CCS(=O)(=O)C2)CCCN1. The average molecular weight is 203 g/mol. The van der Waals surface area contributed by atoms with Crippen LogP contribution >= 0.6 is 0 Å². The molecule has 2 aliphatic heterocycles. The molecule has 2 atom stereocenters. The highest BCUT2D eigenvalue weighted by Gasteiger charge is 2.42. The first-order valence-electron chi connectivity index (χ1n) is 4.97. The third-order valence-corrected chi connectivity index (χ3v) is 5.30. The maximum Gasteiger partial charge on any atom is 0.150 e. The number of hydrogen-bond acceptors (Lipinski definition) is 3. The molecular formula is C9H17NO2S. The Kier molecular flexibility index (Phi) is 2.15. The van der Waals surface area contributed by atoms with Gasteiger partial charge in [-0.25, -0.2) is 8.42 Å². The van der Waals surface area contributed by atoms with Crippen LogP contribution in [-0.4, -0.2) is 32.0 Å². The number of nitrogens with one attached hydrogen (secondary N) is 1. The predicted octanol–water partition coefficient (Wildman–Crippen LogP) is 0.563. The summed E-state index contributed by atoms with van der Waals surface area (Å²) in [5, 5.41) is 3.45. The Morgan fingerprint density at radius 2 is 2.23 bits per heavy atom. The van der Waals surface area contributed by atoms with Crippen molar-refractivity contribution in [3.8, 4) is 0 Å². The fourth-order valence-corrected chi connectivity index (χ4v) is 4.52. The van der Waals surface area contributed by atoms with Gasteiger partial charge in [0, 0.05) is 5.54 Å². The number of hydrogen-bond donors (Lipinski definition) is 1. The summed E-state index contributed by atoms with van der Waals surface area (Å²) in [6.45, 7) is 3.22. The van der Waals surface area contributed by atoms with Crippen LogP contribution in [-0.2, 0) is 9.84 Å². The minimum Gasteiger partial charge on any atom is -0.311 e. The van der Waals surface area contributed by atoms with E-state index in [9.17, 15) is 8.42 Å². The van der Waals surface area contributed by atoms with E-state index in [-0.39, 0.29) is 5.54 Å². The van der Waals surface area contributed by atoms with Gasteiger partial charge in [0.2, 0.25) is 0 Å². The summed E-state index contributed by atoms with van der Waals surface area (Å²) in [4.78, 5) is 0. The monoisotopic (exact) mass is 203 g/mol. The van der Waals surface area contributed by atoms with Gasteiger partial charge in [-0.15, -0.1) is 0 Å². The van der Waals surface area contributed by atoms with Crippen molar-refractivity contribution in [2.75, 3.05) is 18.1 Å². The third kappa shape index (κ3) is 1.74. The van der Waals surface area contributed by atoms with Crippen molar-refractivity contribution in [3.63, 3.8) is 0 Å². The molecule has 2 saturated heterocycles. The summed E-state index contributed by atoms with van der Waals surface area (Å²) in [5.74, 6) is 1.14. The summed E-state index contributed by atoms with van der Waals surface area (Å²) in [6.07, 6.45) is 3.17. The Labute approximate surface area is 79.8 Å². The van der Waals surface area contributed by atoms with Gasteiger partial charge < -0.3 is 5.32 Å². The lowest BCUT2D eigenvalue weighted by Crippen LogP contribution is -2.44. The fraction of sp³-hybridized carbons (Fsp3) is 1.00. The minimum absolute atomic E-state index is 0.101. The molecule has 4 heteroatoms. The molecule has 0 spiro atoms. The van der Waals surface area contributed by atoms with Crippen LogP contribution in [0.3, 0.4) is 0 Å². The van der Waals surface area contributed by atoms with Crippen LogP contribution in [0.25, 0.3) is 0 Å². The summed E-state index contributed by atoms with van der Waals surface area (Å²) in [7, 11) is -2.71. The Morgan fingerprint density at radius 3 is 2.69 bits per heavy atom. The molecule has 13 heavy (non-hydrogen) atoms. The fourth-order valence-electron chi connectivity index (χ4n) is 2.56. The molecule has 2 unspecified atom stereocenters. The molecule has 1 N–H and O–H groups in total. The second kappa shape index (κ2) is 2.95. The average Bonchev–Trinajstić information content (AvgIpc) is 2.58. The van der Waals surface area contributed by atoms with Gasteiger partial charge in [-0.3, -0.25) is 0 Å². The highest BCUT2D eigenvalue weighted by molar-refractivity contribution is 7.91. The molecule has 0 bridgehead atoms. The maximum absolute atomic E-state index is 11.3. The quantitative estimate of drug-likeness (QED) is 0.677. The van der Waals surface area contributed by atoms with Crippen LogP contribution in [0.2, 0.25) is 0 Å². The first-order valence-corrected chi connectivity index (χ1v) is 6.79. The Balaban J connectivity index is 2.11. The Hall–Kier alpha value is -0.0900. The van der Waals surface area contributed by atoms with E-state index in [1.807, 2.05) is 0 Å². The van der Waals surface area contributed by atoms with E-state index in [1.165, 1.54) is 6.42 Å². The zero-order chi connectivity index (χ0) is 9.53. The zero-order valence-corrected chi connectivity index (χ0v) is 8.86. The lowest BCUT2D eigenvalue weighted by molar-refractivity contribution is 0.286. The highest BCUT2D eigenvalue weighted by Crippen LogP contribution is 2.34. The maximum atomic E-state index is 11.3. The predicted molar refractivity (Wildman–Crippen MR) is 52.4 cm³/mol. The van der Waals surface area contributed by atoms with E-state index >= 15 is 0 Å². The molecule has 0 aromatic heterocycles. The molecule has 2 fully saturated rings. The van der Waals surface area contributed by atoms with E-state index in [0.717, 1.165) is 19.4 Å². The van der Waals surface area contributed by atoms with E-state index in [2.05, 4.69) is 12.2 Å². The molecule has 0 aromatic carbocycles. The first kappa shape index (κ1) is 9.46. The standard InChI is InChI=1S/C9H17NO2S/c1-9(4-2-5-10-9)8-3-6-13(11,12)7-8/h8,10H,2-7H2,1H3. The van der Waals surface area contributed by atoms with Gasteiger partial charge in [-0.1, -0.05) is 0 Å². The molecule has 76 valence electrons. The van der Waals surface area contributed by atoms with Gasteiger partial charge in [0.05, 0.1) is 11.5 Å². The van der Waals surface area contributed by atoms with Gasteiger partial charge in [-0.2, -0.15) is 0 Å². The van der Waals surface area contributed by atoms with E-state index in [0.29, 0.717) is 17.4 Å². The number of sulfone groups is 1. The molecule has 3 nitrogen and oxygen atoms in total. The van der Waals surface area contributed by atoms with Crippen molar-refractivity contribution in [2.45, 2.75) is 31.7 Å². The smallest absolute Gasteiger partial charge is 0.150 e. The second-order valence-corrected chi connectivity index (χ2v) is 6.78. The van der Waals surface area contributed by atoms with Crippen molar-refractivity contribution >= 4 is 9.84 Å². The lowest BCUT2D eigenvalue weighted by atomic mass is 9.84. The van der Waals surface area contributed by atoms with Crippen LogP contribution in [0.15, 0.2) is 0 Å². The molecule has 0 saturated carbocycles. The summed E-state index contributed by atoms with van der Waals surface area (Å²) < 4.78 is 22.6. The summed E-state index contributed by atoms with van der Waals surface area (Å²) >= 11 is 0. The molecule has 2 aliphatic rings. The van der Waals surface area contributed by atoms with Crippen molar-refractivity contribution < 1.29 is 8.42 Å². The molecule has 2 rings (SSSR count). The van der Waals surface area contributed by atoms with Crippen LogP contribution in [0.5, 0.6) is 0 Å². The van der Waals surface area contributed by atoms with Crippen LogP contribution in [0.4, 0.5) is 0 Å².